The molecule has 0 amide bonds. The van der Waals surface area contributed by atoms with Gasteiger partial charge in [0.1, 0.15) is 11.6 Å². The van der Waals surface area contributed by atoms with Crippen molar-refractivity contribution in [2.24, 2.45) is 0 Å². The van der Waals surface area contributed by atoms with Crippen LogP contribution in [-0.4, -0.2) is 23.0 Å². The molecule has 0 aromatic carbocycles. The molecule has 0 bridgehead atoms. The van der Waals surface area contributed by atoms with Crippen molar-refractivity contribution >= 4 is 28.7 Å². The minimum Gasteiger partial charge on any atom is -0.383 e. The van der Waals surface area contributed by atoms with Gasteiger partial charge in [0.15, 0.2) is 0 Å². The van der Waals surface area contributed by atoms with E-state index in [2.05, 4.69) is 18.0 Å². The smallest absolute Gasteiger partial charge is 0.276 e. The summed E-state index contributed by atoms with van der Waals surface area (Å²) in [6.07, 6.45) is 0.860. The van der Waals surface area contributed by atoms with Gasteiger partial charge in [-0.1, -0.05) is 6.07 Å². The van der Waals surface area contributed by atoms with Gasteiger partial charge in [-0.3, -0.25) is 10.1 Å². The van der Waals surface area contributed by atoms with Gasteiger partial charge in [-0.2, -0.15) is 0 Å². The molecule has 2 N–H and O–H groups in total. The molecule has 0 radical (unpaired) electrons. The molecule has 106 valence electrons. The number of hydrogen-bond acceptors (Lipinski definition) is 6. The number of anilines is 2. The van der Waals surface area contributed by atoms with Gasteiger partial charge in [-0.05, 0) is 18.4 Å². The molecule has 2 aromatic rings. The number of nitrogens with two attached hydrogens (primary N) is 1. The normalized spacial score (nSPS) is 12.1. The first-order valence-electron chi connectivity index (χ1n) is 6.14. The van der Waals surface area contributed by atoms with Crippen LogP contribution in [0.25, 0.3) is 0 Å². The first-order valence-corrected chi connectivity index (χ1v) is 7.02. The fourth-order valence-electron chi connectivity index (χ4n) is 1.89. The third-order valence-electron chi connectivity index (χ3n) is 3.13. The zero-order valence-corrected chi connectivity index (χ0v) is 12.1. The minimum atomic E-state index is -0.459. The Balaban J connectivity index is 2.19. The molecule has 0 spiro atoms. The highest BCUT2D eigenvalue weighted by Gasteiger charge is 2.17. The average Bonchev–Trinajstić information content (AvgIpc) is 2.89. The predicted octanol–water partition coefficient (Wildman–Crippen LogP) is 2.70. The lowest BCUT2D eigenvalue weighted by atomic mass is 10.2. The molecule has 1 unspecified atom stereocenters. The maximum absolute atomic E-state index is 10.9. The third kappa shape index (κ3) is 3.24. The van der Waals surface area contributed by atoms with Crippen molar-refractivity contribution in [2.75, 3.05) is 17.7 Å². The van der Waals surface area contributed by atoms with Crippen molar-refractivity contribution in [1.29, 1.82) is 0 Å². The fourth-order valence-corrected chi connectivity index (χ4v) is 2.72. The molecular weight excluding hydrogens is 276 g/mol. The van der Waals surface area contributed by atoms with E-state index in [1.807, 2.05) is 23.4 Å². The Morgan fingerprint density at radius 2 is 2.30 bits per heavy atom. The second-order valence-electron chi connectivity index (χ2n) is 4.61. The zero-order chi connectivity index (χ0) is 14.7. The Morgan fingerprint density at radius 3 is 2.90 bits per heavy atom. The lowest BCUT2D eigenvalue weighted by Crippen LogP contribution is -2.31. The van der Waals surface area contributed by atoms with Crippen LogP contribution >= 0.6 is 11.3 Å². The van der Waals surface area contributed by atoms with E-state index in [9.17, 15) is 10.1 Å². The van der Waals surface area contributed by atoms with Crippen molar-refractivity contribution in [1.82, 2.24) is 4.98 Å². The van der Waals surface area contributed by atoms with Crippen LogP contribution in [0.2, 0.25) is 0 Å². The molecule has 0 aliphatic heterocycles. The van der Waals surface area contributed by atoms with E-state index in [0.717, 1.165) is 6.42 Å². The van der Waals surface area contributed by atoms with Crippen molar-refractivity contribution in [2.45, 2.75) is 19.4 Å². The topological polar surface area (TPSA) is 85.3 Å². The van der Waals surface area contributed by atoms with E-state index in [-0.39, 0.29) is 17.5 Å². The number of hydrogen-bond donors (Lipinski definition) is 1. The van der Waals surface area contributed by atoms with E-state index in [0.29, 0.717) is 5.82 Å². The van der Waals surface area contributed by atoms with Gasteiger partial charge in [-0.25, -0.2) is 4.98 Å². The first-order chi connectivity index (χ1) is 9.47. The minimum absolute atomic E-state index is 0.0392. The molecule has 7 heteroatoms. The second kappa shape index (κ2) is 5.87. The number of aromatic nitrogens is 1. The number of nitrogens with zero attached hydrogens (tertiary/aromatic N) is 3. The van der Waals surface area contributed by atoms with E-state index < -0.39 is 4.92 Å². The molecule has 0 fully saturated rings. The summed E-state index contributed by atoms with van der Waals surface area (Å²) in [7, 11) is 1.86. The highest BCUT2D eigenvalue weighted by molar-refractivity contribution is 7.09. The highest BCUT2D eigenvalue weighted by Crippen LogP contribution is 2.23. The Kier molecular flexibility index (Phi) is 4.19. The van der Waals surface area contributed by atoms with Crippen LogP contribution in [0.15, 0.2) is 29.6 Å². The summed E-state index contributed by atoms with van der Waals surface area (Å²) in [5, 5.41) is 12.9. The van der Waals surface area contributed by atoms with Gasteiger partial charge in [0.05, 0.1) is 17.1 Å². The highest BCUT2D eigenvalue weighted by atomic mass is 32.1. The predicted molar refractivity (Wildman–Crippen MR) is 81.2 cm³/mol. The maximum Gasteiger partial charge on any atom is 0.276 e. The summed E-state index contributed by atoms with van der Waals surface area (Å²) in [6, 6.07) is 6.96. The molecule has 0 aliphatic rings. The Labute approximate surface area is 121 Å². The van der Waals surface area contributed by atoms with Gasteiger partial charge in [0, 0.05) is 24.4 Å². The largest absolute Gasteiger partial charge is 0.383 e. The Hall–Kier alpha value is -2.15. The second-order valence-corrected chi connectivity index (χ2v) is 5.64. The number of nitrogen functional groups attached to an aromatic ring is 1. The molecule has 0 aliphatic carbocycles. The van der Waals surface area contributed by atoms with E-state index in [1.165, 1.54) is 17.0 Å². The summed E-state index contributed by atoms with van der Waals surface area (Å²) in [5.41, 5.74) is 5.59. The zero-order valence-electron chi connectivity index (χ0n) is 11.3. The fraction of sp³-hybridized carbons (Fsp3) is 0.308. The Bertz CT molecular complexity index is 600. The molecule has 2 rings (SSSR count). The summed E-state index contributed by atoms with van der Waals surface area (Å²) in [6.45, 7) is 2.05. The number of rotatable bonds is 5. The lowest BCUT2D eigenvalue weighted by Gasteiger charge is -2.25. The number of nitro groups is 1. The van der Waals surface area contributed by atoms with Gasteiger partial charge in [-0.15, -0.1) is 11.3 Å². The Morgan fingerprint density at radius 1 is 1.55 bits per heavy atom. The van der Waals surface area contributed by atoms with Crippen LogP contribution in [0.1, 0.15) is 11.8 Å². The molecular formula is C13H16N4O2S. The monoisotopic (exact) mass is 292 g/mol. The standard InChI is InChI=1S/C13H16N4O2S/c1-9(6-11-4-3-5-20-11)16(2)13-8-10(17(18)19)7-12(14)15-13/h3-5,7-9H,6H2,1-2H3,(H2,14,15). The van der Waals surface area contributed by atoms with Crippen LogP contribution in [0.5, 0.6) is 0 Å². The van der Waals surface area contributed by atoms with E-state index in [1.54, 1.807) is 11.3 Å². The maximum atomic E-state index is 10.9. The van der Waals surface area contributed by atoms with Crippen molar-refractivity contribution in [3.05, 3.63) is 44.6 Å². The van der Waals surface area contributed by atoms with Crippen molar-refractivity contribution in [3.63, 3.8) is 0 Å². The molecule has 6 nitrogen and oxygen atoms in total. The molecule has 20 heavy (non-hydrogen) atoms. The molecule has 2 heterocycles. The van der Waals surface area contributed by atoms with Gasteiger partial charge >= 0.3 is 0 Å². The van der Waals surface area contributed by atoms with Crippen molar-refractivity contribution in [3.8, 4) is 0 Å². The first kappa shape index (κ1) is 14.3. The van der Waals surface area contributed by atoms with Crippen LogP contribution in [0, 0.1) is 10.1 Å². The van der Waals surface area contributed by atoms with Crippen LogP contribution in [0.4, 0.5) is 17.3 Å². The summed E-state index contributed by atoms with van der Waals surface area (Å²) in [4.78, 5) is 17.7. The summed E-state index contributed by atoms with van der Waals surface area (Å²) < 4.78 is 0. The van der Waals surface area contributed by atoms with Crippen molar-refractivity contribution < 1.29 is 4.92 Å². The van der Waals surface area contributed by atoms with Crippen LogP contribution in [0.3, 0.4) is 0 Å². The number of likely N-dealkylation sites (N-methyl/N-ethyl adjacent to an activating group) is 1. The van der Waals surface area contributed by atoms with Gasteiger partial charge in [0.2, 0.25) is 0 Å². The van der Waals surface area contributed by atoms with Crippen LogP contribution in [-0.2, 0) is 6.42 Å². The van der Waals surface area contributed by atoms with E-state index >= 15 is 0 Å². The number of pyridine rings is 1. The van der Waals surface area contributed by atoms with Crippen LogP contribution < -0.4 is 10.6 Å². The summed E-state index contributed by atoms with van der Waals surface area (Å²) >= 11 is 1.70. The molecule has 0 saturated heterocycles. The third-order valence-corrected chi connectivity index (χ3v) is 4.03. The average molecular weight is 292 g/mol. The van der Waals surface area contributed by atoms with Gasteiger partial charge in [0.25, 0.3) is 5.69 Å². The quantitative estimate of drug-likeness (QED) is 0.676. The summed E-state index contributed by atoms with van der Waals surface area (Å²) in [5.74, 6) is 0.671. The molecule has 1 atom stereocenters. The molecule has 2 aromatic heterocycles. The SMILES string of the molecule is CC(Cc1cccs1)N(C)c1cc([N+](=O)[O-])cc(N)n1. The lowest BCUT2D eigenvalue weighted by molar-refractivity contribution is -0.384. The van der Waals surface area contributed by atoms with E-state index in [4.69, 9.17) is 5.73 Å². The van der Waals surface area contributed by atoms with Gasteiger partial charge < -0.3 is 10.6 Å². The molecule has 0 saturated carbocycles. The number of thiophene rings is 1.